The fraction of sp³-hybridized carbons (Fsp3) is 0.346. The third kappa shape index (κ3) is 5.47. The summed E-state index contributed by atoms with van der Waals surface area (Å²) in [6.45, 7) is 2.52. The number of rotatable bonds is 8. The number of hydrogen-bond acceptors (Lipinski definition) is 5. The number of aromatic nitrogens is 2. The molecule has 9 heteroatoms. The number of morpholine rings is 1. The lowest BCUT2D eigenvalue weighted by atomic mass is 10.0. The first-order valence-electron chi connectivity index (χ1n) is 11.5. The Balaban J connectivity index is 1.75. The Bertz CT molecular complexity index is 1290. The van der Waals surface area contributed by atoms with Gasteiger partial charge in [-0.15, -0.1) is 0 Å². The zero-order valence-corrected chi connectivity index (χ0v) is 19.9. The molecule has 0 saturated carbocycles. The third-order valence-electron chi connectivity index (χ3n) is 6.32. The second kappa shape index (κ2) is 10.9. The standard InChI is InChI=1S/C26H30F2N4O3/c1-18(31-11-13-34-14-12-31)15-20(9-10-29)19-7-8-22-23(16-19)32(30(2)25(22)33)17-21-5-3-4-6-24(21)35-26(27)28/h3-10,15-16,18,26H,11-14,17,29H2,1-2H3/b10-9-,20-15+. The summed E-state index contributed by atoms with van der Waals surface area (Å²) >= 11 is 0. The van der Waals surface area contributed by atoms with Gasteiger partial charge in [0.15, 0.2) is 0 Å². The van der Waals surface area contributed by atoms with Gasteiger partial charge < -0.3 is 15.2 Å². The van der Waals surface area contributed by atoms with Crippen molar-refractivity contribution >= 4 is 16.5 Å². The normalized spacial score (nSPS) is 16.4. The zero-order valence-electron chi connectivity index (χ0n) is 19.9. The molecule has 1 aliphatic rings. The molecule has 2 heterocycles. The maximum absolute atomic E-state index is 12.9. The Morgan fingerprint density at radius 2 is 1.94 bits per heavy atom. The van der Waals surface area contributed by atoms with Crippen molar-refractivity contribution in [2.24, 2.45) is 12.8 Å². The minimum Gasteiger partial charge on any atom is -0.434 e. The summed E-state index contributed by atoms with van der Waals surface area (Å²) in [5, 5.41) is 0.542. The fourth-order valence-electron chi connectivity index (χ4n) is 4.45. The van der Waals surface area contributed by atoms with Crippen LogP contribution in [-0.4, -0.2) is 53.2 Å². The molecule has 0 radical (unpaired) electrons. The van der Waals surface area contributed by atoms with E-state index in [4.69, 9.17) is 15.2 Å². The Labute approximate surface area is 202 Å². The summed E-state index contributed by atoms with van der Waals surface area (Å²) in [6, 6.07) is 12.4. The molecule has 0 amide bonds. The molecule has 3 aromatic rings. The van der Waals surface area contributed by atoms with Gasteiger partial charge in [0.25, 0.3) is 5.56 Å². The first kappa shape index (κ1) is 24.7. The van der Waals surface area contributed by atoms with Crippen LogP contribution in [0.15, 0.2) is 65.6 Å². The summed E-state index contributed by atoms with van der Waals surface area (Å²) in [4.78, 5) is 15.3. The SMILES string of the molecule is CC(/C=C(\C=C/N)c1ccc2c(=O)n(C)n(Cc3ccccc3OC(F)F)c2c1)N1CCOCC1. The summed E-state index contributed by atoms with van der Waals surface area (Å²) in [7, 11) is 1.66. The average molecular weight is 485 g/mol. The lowest BCUT2D eigenvalue weighted by Crippen LogP contribution is -2.41. The van der Waals surface area contributed by atoms with E-state index in [1.165, 1.54) is 16.9 Å². The highest BCUT2D eigenvalue weighted by molar-refractivity contribution is 5.85. The van der Waals surface area contributed by atoms with Gasteiger partial charge in [-0.3, -0.25) is 19.1 Å². The smallest absolute Gasteiger partial charge is 0.387 e. The number of ether oxygens (including phenoxy) is 2. The molecular formula is C26H30F2N4O3. The van der Waals surface area contributed by atoms with Crippen LogP contribution in [0.1, 0.15) is 18.1 Å². The molecule has 1 aromatic heterocycles. The highest BCUT2D eigenvalue weighted by Crippen LogP contribution is 2.26. The van der Waals surface area contributed by atoms with E-state index in [9.17, 15) is 13.6 Å². The highest BCUT2D eigenvalue weighted by atomic mass is 19.3. The van der Waals surface area contributed by atoms with Gasteiger partial charge in [-0.1, -0.05) is 30.3 Å². The highest BCUT2D eigenvalue weighted by Gasteiger charge is 2.18. The van der Waals surface area contributed by atoms with Crippen LogP contribution < -0.4 is 16.0 Å². The van der Waals surface area contributed by atoms with Crippen LogP contribution in [0.2, 0.25) is 0 Å². The molecular weight excluding hydrogens is 454 g/mol. The summed E-state index contributed by atoms with van der Waals surface area (Å²) in [6.07, 6.45) is 5.49. The van der Waals surface area contributed by atoms with E-state index in [2.05, 4.69) is 17.9 Å². The molecule has 0 bridgehead atoms. The van der Waals surface area contributed by atoms with Crippen molar-refractivity contribution in [1.29, 1.82) is 0 Å². The largest absolute Gasteiger partial charge is 0.434 e. The molecule has 186 valence electrons. The topological polar surface area (TPSA) is 74.7 Å². The quantitative estimate of drug-likeness (QED) is 0.495. The molecule has 4 rings (SSSR count). The minimum absolute atomic E-state index is 0.0824. The van der Waals surface area contributed by atoms with Crippen LogP contribution in [0.3, 0.4) is 0 Å². The van der Waals surface area contributed by atoms with Crippen molar-refractivity contribution < 1.29 is 18.3 Å². The summed E-state index contributed by atoms with van der Waals surface area (Å²) in [5.74, 6) is 0.0824. The molecule has 0 spiro atoms. The second-order valence-electron chi connectivity index (χ2n) is 8.47. The number of allylic oxidation sites excluding steroid dienone is 2. The molecule has 2 aromatic carbocycles. The molecule has 35 heavy (non-hydrogen) atoms. The monoisotopic (exact) mass is 484 g/mol. The number of hydrogen-bond donors (Lipinski definition) is 1. The molecule has 2 N–H and O–H groups in total. The van der Waals surface area contributed by atoms with Crippen LogP contribution in [0, 0.1) is 0 Å². The van der Waals surface area contributed by atoms with Crippen LogP contribution >= 0.6 is 0 Å². The number of nitrogens with zero attached hydrogens (tertiary/aromatic N) is 3. The fourth-order valence-corrected chi connectivity index (χ4v) is 4.45. The molecule has 1 unspecified atom stereocenters. The molecule has 1 saturated heterocycles. The number of nitrogens with two attached hydrogens (primary N) is 1. The third-order valence-corrected chi connectivity index (χ3v) is 6.32. The molecule has 7 nitrogen and oxygen atoms in total. The van der Waals surface area contributed by atoms with Crippen LogP contribution in [0.5, 0.6) is 5.75 Å². The Morgan fingerprint density at radius 1 is 1.20 bits per heavy atom. The summed E-state index contributed by atoms with van der Waals surface area (Å²) < 4.78 is 39.2. The molecule has 1 fully saturated rings. The Kier molecular flexibility index (Phi) is 7.67. The lowest BCUT2D eigenvalue weighted by Gasteiger charge is -2.31. The first-order chi connectivity index (χ1) is 16.9. The number of fused-ring (bicyclic) bond motifs is 1. The van der Waals surface area contributed by atoms with E-state index >= 15 is 0 Å². The second-order valence-corrected chi connectivity index (χ2v) is 8.47. The predicted octanol–water partition coefficient (Wildman–Crippen LogP) is 3.57. The number of benzene rings is 2. The van der Waals surface area contributed by atoms with Crippen LogP contribution in [0.25, 0.3) is 16.5 Å². The van der Waals surface area contributed by atoms with Crippen LogP contribution in [-0.2, 0) is 18.3 Å². The van der Waals surface area contributed by atoms with Crippen molar-refractivity contribution in [3.8, 4) is 5.75 Å². The van der Waals surface area contributed by atoms with Gasteiger partial charge in [0.05, 0.1) is 30.7 Å². The van der Waals surface area contributed by atoms with Crippen molar-refractivity contribution in [3.05, 3.63) is 82.3 Å². The average Bonchev–Trinajstić information content (AvgIpc) is 3.09. The maximum atomic E-state index is 12.9. The lowest BCUT2D eigenvalue weighted by molar-refractivity contribution is -0.0505. The van der Waals surface area contributed by atoms with Gasteiger partial charge in [-0.2, -0.15) is 8.78 Å². The number of halogens is 2. The van der Waals surface area contributed by atoms with Gasteiger partial charge >= 0.3 is 6.61 Å². The summed E-state index contributed by atoms with van der Waals surface area (Å²) in [5.41, 5.74) is 8.66. The van der Waals surface area contributed by atoms with E-state index in [1.54, 1.807) is 36.0 Å². The van der Waals surface area contributed by atoms with Crippen molar-refractivity contribution in [2.45, 2.75) is 26.1 Å². The van der Waals surface area contributed by atoms with Crippen molar-refractivity contribution in [3.63, 3.8) is 0 Å². The van der Waals surface area contributed by atoms with Crippen LogP contribution in [0.4, 0.5) is 8.78 Å². The van der Waals surface area contributed by atoms with Crippen molar-refractivity contribution in [2.75, 3.05) is 26.3 Å². The van der Waals surface area contributed by atoms with E-state index in [1.807, 2.05) is 18.2 Å². The minimum atomic E-state index is -2.93. The van der Waals surface area contributed by atoms with Gasteiger partial charge in [-0.25, -0.2) is 0 Å². The molecule has 0 aliphatic carbocycles. The molecule has 1 atom stereocenters. The number of alkyl halides is 2. The van der Waals surface area contributed by atoms with E-state index in [0.29, 0.717) is 29.7 Å². The maximum Gasteiger partial charge on any atom is 0.387 e. The van der Waals surface area contributed by atoms with Gasteiger partial charge in [0.1, 0.15) is 5.75 Å². The zero-order chi connectivity index (χ0) is 24.9. The Hall–Kier alpha value is -3.43. The Morgan fingerprint density at radius 3 is 2.66 bits per heavy atom. The van der Waals surface area contributed by atoms with Gasteiger partial charge in [-0.05, 0) is 48.5 Å². The van der Waals surface area contributed by atoms with Crippen molar-refractivity contribution in [1.82, 2.24) is 14.3 Å². The van der Waals surface area contributed by atoms with Gasteiger partial charge in [0, 0.05) is 31.7 Å². The van der Waals surface area contributed by atoms with Gasteiger partial charge in [0.2, 0.25) is 0 Å². The molecule has 1 aliphatic heterocycles. The number of para-hydroxylation sites is 1. The predicted molar refractivity (Wildman–Crippen MR) is 133 cm³/mol. The van der Waals surface area contributed by atoms with E-state index in [0.717, 1.165) is 24.2 Å². The van der Waals surface area contributed by atoms with E-state index in [-0.39, 0.29) is 23.9 Å². The first-order valence-corrected chi connectivity index (χ1v) is 11.5. The van der Waals surface area contributed by atoms with E-state index < -0.39 is 6.61 Å².